The molecule has 0 saturated heterocycles. The van der Waals surface area contributed by atoms with Crippen molar-refractivity contribution < 1.29 is 30.1 Å². The molecule has 0 aliphatic rings. The molecule has 0 aliphatic heterocycles. The fraction of sp³-hybridized carbons (Fsp3) is 0. The normalized spacial score (nSPS) is 7.23. The van der Waals surface area contributed by atoms with Gasteiger partial charge in [-0.25, -0.2) is 0 Å². The monoisotopic (exact) mass is 256 g/mol. The van der Waals surface area contributed by atoms with Crippen LogP contribution in [0.4, 0.5) is 0 Å². The zero-order chi connectivity index (χ0) is 10.7. The summed E-state index contributed by atoms with van der Waals surface area (Å²) in [6, 6.07) is 4.17. The third kappa shape index (κ3) is 48.6. The fourth-order valence-electron chi connectivity index (χ4n) is 0.227. The zero-order valence-corrected chi connectivity index (χ0v) is 8.27. The van der Waals surface area contributed by atoms with E-state index in [9.17, 15) is 0 Å². The van der Waals surface area contributed by atoms with E-state index in [0.717, 1.165) is 0 Å². The van der Waals surface area contributed by atoms with Gasteiger partial charge >= 0.3 is 51.2 Å². The Kier molecular flexibility index (Phi) is 14.1. The molecule has 6 N–H and O–H groups in total. The third-order valence-corrected chi connectivity index (χ3v) is 1.74. The second-order valence-corrected chi connectivity index (χ2v) is 3.20. The van der Waals surface area contributed by atoms with E-state index in [2.05, 4.69) is 22.0 Å². The first-order chi connectivity index (χ1) is 5.96. The minimum atomic E-state index is -2.17. The van der Waals surface area contributed by atoms with E-state index in [1.807, 2.05) is 0 Å². The first-order valence-corrected chi connectivity index (χ1v) is 5.00. The molecule has 6 nitrogen and oxygen atoms in total. The maximum absolute atomic E-state index is 7.17. The summed E-state index contributed by atoms with van der Waals surface area (Å²) >= 11 is 0.708. The molecule has 9 heteroatoms. The molecule has 0 bridgehead atoms. The Bertz CT molecular complexity index is 129. The van der Waals surface area contributed by atoms with Gasteiger partial charge in [-0.2, -0.15) is 0 Å². The van der Waals surface area contributed by atoms with E-state index in [0.29, 0.717) is 14.5 Å². The Balaban J connectivity index is 0. The van der Waals surface area contributed by atoms with Gasteiger partial charge in [0.1, 0.15) is 0 Å². The summed E-state index contributed by atoms with van der Waals surface area (Å²) in [4.78, 5) is 4.38. The van der Waals surface area contributed by atoms with Crippen LogP contribution in [0.15, 0.2) is 22.0 Å². The summed E-state index contributed by atoms with van der Waals surface area (Å²) < 4.78 is 0. The van der Waals surface area contributed by atoms with Crippen molar-refractivity contribution in [2.24, 2.45) is 0 Å². The molecule has 0 saturated carbocycles. The van der Waals surface area contributed by atoms with Gasteiger partial charge in [-0.05, 0) is 0 Å². The molecule has 13 heavy (non-hydrogen) atoms. The summed E-state index contributed by atoms with van der Waals surface area (Å²) in [7, 11) is -4.33. The molecule has 1 heterocycles. The second kappa shape index (κ2) is 11.9. The van der Waals surface area contributed by atoms with Gasteiger partial charge in [0.25, 0.3) is 0 Å². The first-order valence-electron chi connectivity index (χ1n) is 3.02. The first kappa shape index (κ1) is 15.4. The summed E-state index contributed by atoms with van der Waals surface area (Å²) in [6.45, 7) is 0. The van der Waals surface area contributed by atoms with Crippen molar-refractivity contribution in [2.75, 3.05) is 0 Å². The molecule has 0 aliphatic carbocycles. The Morgan fingerprint density at radius 2 is 0.923 bits per heavy atom. The van der Waals surface area contributed by atoms with Crippen LogP contribution in [-0.2, 0) is 0 Å². The second-order valence-electron chi connectivity index (χ2n) is 1.49. The quantitative estimate of drug-likeness (QED) is 0.269. The molecule has 0 fully saturated rings. The van der Waals surface area contributed by atoms with Gasteiger partial charge in [0.15, 0.2) is 0 Å². The van der Waals surface area contributed by atoms with Crippen LogP contribution >= 0.6 is 0 Å². The molecule has 0 amide bonds. The van der Waals surface area contributed by atoms with Crippen molar-refractivity contribution in [2.45, 2.75) is 0 Å². The van der Waals surface area contributed by atoms with Crippen molar-refractivity contribution in [1.29, 1.82) is 0 Å². The predicted molar refractivity (Wildman–Crippen MR) is 48.2 cm³/mol. The van der Waals surface area contributed by atoms with Crippen LogP contribution in [0.5, 0.6) is 0 Å². The Morgan fingerprint density at radius 1 is 0.692 bits per heavy atom. The Hall–Kier alpha value is -0.111. The predicted octanol–water partition coefficient (Wildman–Crippen LogP) is -3.36. The average Bonchev–Trinajstić information content (AvgIpc) is 2.35. The molecular weight excluding hydrogens is 245 g/mol. The Labute approximate surface area is 81.8 Å². The minimum absolute atomic E-state index is 0.708. The van der Waals surface area contributed by atoms with E-state index >= 15 is 0 Å². The van der Waals surface area contributed by atoms with Crippen LogP contribution in [0.25, 0.3) is 0 Å². The van der Waals surface area contributed by atoms with Crippen LogP contribution in [0.1, 0.15) is 0 Å². The summed E-state index contributed by atoms with van der Waals surface area (Å²) in [5.74, 6) is 0. The standard InChI is InChI=1S/C4H4Se.2BH3O3/c1-2-4-5-3-1;2*2-1(3)4/h1-4H;2*2-4H. The van der Waals surface area contributed by atoms with Gasteiger partial charge in [-0.1, -0.05) is 0 Å². The molecule has 0 aromatic carbocycles. The average molecular weight is 255 g/mol. The molecule has 0 unspecified atom stereocenters. The topological polar surface area (TPSA) is 121 Å². The van der Waals surface area contributed by atoms with Crippen LogP contribution in [-0.4, -0.2) is 59.3 Å². The van der Waals surface area contributed by atoms with E-state index in [1.54, 1.807) is 0 Å². The summed E-state index contributed by atoms with van der Waals surface area (Å²) in [5.41, 5.74) is 0. The van der Waals surface area contributed by atoms with Gasteiger partial charge in [-0.15, -0.1) is 0 Å². The zero-order valence-electron chi connectivity index (χ0n) is 6.56. The molecule has 1 rings (SSSR count). The number of hydrogen-bond donors (Lipinski definition) is 6. The van der Waals surface area contributed by atoms with Gasteiger partial charge < -0.3 is 30.1 Å². The molecule has 0 spiro atoms. The molecular formula is C4H10B2O6Se. The van der Waals surface area contributed by atoms with E-state index in [-0.39, 0.29) is 0 Å². The maximum atomic E-state index is 7.17. The molecule has 74 valence electrons. The van der Waals surface area contributed by atoms with Gasteiger partial charge in [-0.3, -0.25) is 0 Å². The summed E-state index contributed by atoms with van der Waals surface area (Å²) in [5, 5.41) is 43.0. The number of hydrogen-bond acceptors (Lipinski definition) is 6. The molecule has 0 atom stereocenters. The van der Waals surface area contributed by atoms with E-state index in [1.165, 1.54) is 0 Å². The van der Waals surface area contributed by atoms with Crippen LogP contribution in [0, 0.1) is 0 Å². The fourth-order valence-corrected chi connectivity index (χ4v) is 1.18. The van der Waals surface area contributed by atoms with Crippen molar-refractivity contribution >= 4 is 29.1 Å². The SMILES string of the molecule is OB(O)O.OB(O)O.c1cc[se]c1. The van der Waals surface area contributed by atoms with Gasteiger partial charge in [0.2, 0.25) is 0 Å². The van der Waals surface area contributed by atoms with Crippen molar-refractivity contribution in [3.63, 3.8) is 0 Å². The van der Waals surface area contributed by atoms with Crippen LogP contribution in [0.2, 0.25) is 0 Å². The van der Waals surface area contributed by atoms with Crippen LogP contribution < -0.4 is 0 Å². The molecule has 1 aromatic rings. The molecule has 1 aromatic heterocycles. The number of rotatable bonds is 0. The Morgan fingerprint density at radius 3 is 1.00 bits per heavy atom. The van der Waals surface area contributed by atoms with Crippen molar-refractivity contribution in [1.82, 2.24) is 0 Å². The van der Waals surface area contributed by atoms with Gasteiger partial charge in [0, 0.05) is 0 Å². The van der Waals surface area contributed by atoms with Crippen LogP contribution in [0.3, 0.4) is 0 Å². The van der Waals surface area contributed by atoms with Crippen molar-refractivity contribution in [3.8, 4) is 0 Å². The van der Waals surface area contributed by atoms with E-state index in [4.69, 9.17) is 30.1 Å². The third-order valence-electron chi connectivity index (χ3n) is 0.425. The summed E-state index contributed by atoms with van der Waals surface area (Å²) in [6.07, 6.45) is 0. The van der Waals surface area contributed by atoms with Crippen molar-refractivity contribution in [3.05, 3.63) is 22.0 Å². The molecule has 0 radical (unpaired) electrons. The van der Waals surface area contributed by atoms with Gasteiger partial charge in [0.05, 0.1) is 0 Å². The van der Waals surface area contributed by atoms with E-state index < -0.39 is 14.6 Å².